The van der Waals surface area contributed by atoms with Crippen molar-refractivity contribution in [1.82, 2.24) is 0 Å². The summed E-state index contributed by atoms with van der Waals surface area (Å²) >= 11 is 0. The largest absolute Gasteiger partial charge is 0.491 e. The number of carbonyl (C=O) groups is 1. The standard InChI is InChI=1S/C15H22O5/c1-2-3-7-18-8-9-19-10-11-20-14-6-4-5-13(12-14)15(16)17/h4-6,12H,2-3,7-11H2,1H3,(H,16,17). The third-order valence-electron chi connectivity index (χ3n) is 2.59. The Labute approximate surface area is 119 Å². The molecule has 0 amide bonds. The quantitative estimate of drug-likeness (QED) is 0.632. The van der Waals surface area contributed by atoms with Crippen molar-refractivity contribution in [2.45, 2.75) is 19.8 Å². The molecule has 0 aromatic heterocycles. The zero-order valence-corrected chi connectivity index (χ0v) is 11.8. The van der Waals surface area contributed by atoms with E-state index in [2.05, 4.69) is 6.92 Å². The molecule has 1 aromatic rings. The molecule has 1 N–H and O–H groups in total. The summed E-state index contributed by atoms with van der Waals surface area (Å²) in [6.45, 7) is 4.87. The van der Waals surface area contributed by atoms with E-state index in [-0.39, 0.29) is 5.56 Å². The number of unbranched alkanes of at least 4 members (excludes halogenated alkanes) is 1. The molecule has 1 rings (SSSR count). The monoisotopic (exact) mass is 282 g/mol. The first-order valence-electron chi connectivity index (χ1n) is 6.85. The topological polar surface area (TPSA) is 65.0 Å². The van der Waals surface area contributed by atoms with Crippen molar-refractivity contribution in [1.29, 1.82) is 0 Å². The molecule has 0 spiro atoms. The van der Waals surface area contributed by atoms with Gasteiger partial charge < -0.3 is 19.3 Å². The third-order valence-corrected chi connectivity index (χ3v) is 2.59. The Morgan fingerprint density at radius 3 is 2.50 bits per heavy atom. The first kappa shape index (κ1) is 16.5. The van der Waals surface area contributed by atoms with E-state index >= 15 is 0 Å². The molecule has 0 bridgehead atoms. The predicted molar refractivity (Wildman–Crippen MR) is 75.4 cm³/mol. The van der Waals surface area contributed by atoms with Gasteiger partial charge in [0.15, 0.2) is 0 Å². The van der Waals surface area contributed by atoms with Crippen molar-refractivity contribution in [3.05, 3.63) is 29.8 Å². The van der Waals surface area contributed by atoms with E-state index < -0.39 is 5.97 Å². The molecule has 112 valence electrons. The number of hydrogen-bond acceptors (Lipinski definition) is 4. The summed E-state index contributed by atoms with van der Waals surface area (Å²) in [4.78, 5) is 10.8. The maximum absolute atomic E-state index is 10.8. The number of hydrogen-bond donors (Lipinski definition) is 1. The smallest absolute Gasteiger partial charge is 0.335 e. The van der Waals surface area contributed by atoms with Crippen molar-refractivity contribution in [3.8, 4) is 5.75 Å². The molecular formula is C15H22O5. The van der Waals surface area contributed by atoms with Crippen LogP contribution >= 0.6 is 0 Å². The summed E-state index contributed by atoms with van der Waals surface area (Å²) in [7, 11) is 0. The van der Waals surface area contributed by atoms with E-state index in [0.29, 0.717) is 32.2 Å². The normalized spacial score (nSPS) is 10.4. The number of benzene rings is 1. The zero-order valence-electron chi connectivity index (χ0n) is 11.8. The van der Waals surface area contributed by atoms with Crippen molar-refractivity contribution in [3.63, 3.8) is 0 Å². The highest BCUT2D eigenvalue weighted by atomic mass is 16.5. The molecule has 5 heteroatoms. The summed E-state index contributed by atoms with van der Waals surface area (Å²) in [6.07, 6.45) is 2.20. The maximum Gasteiger partial charge on any atom is 0.335 e. The van der Waals surface area contributed by atoms with Crippen LogP contribution in [0.3, 0.4) is 0 Å². The number of rotatable bonds is 11. The average molecular weight is 282 g/mol. The molecule has 0 atom stereocenters. The Kier molecular flexibility index (Phi) is 8.42. The fourth-order valence-electron chi connectivity index (χ4n) is 1.51. The van der Waals surface area contributed by atoms with Gasteiger partial charge in [-0.05, 0) is 24.6 Å². The predicted octanol–water partition coefficient (Wildman–Crippen LogP) is 2.60. The molecular weight excluding hydrogens is 260 g/mol. The van der Waals surface area contributed by atoms with Crippen molar-refractivity contribution >= 4 is 5.97 Å². The van der Waals surface area contributed by atoms with Crippen LogP contribution in [0.25, 0.3) is 0 Å². The Morgan fingerprint density at radius 1 is 1.10 bits per heavy atom. The van der Waals surface area contributed by atoms with Gasteiger partial charge in [-0.3, -0.25) is 0 Å². The maximum atomic E-state index is 10.8. The summed E-state index contributed by atoms with van der Waals surface area (Å²) in [5, 5.41) is 8.85. The van der Waals surface area contributed by atoms with Crippen molar-refractivity contribution in [2.75, 3.05) is 33.0 Å². The second-order valence-electron chi connectivity index (χ2n) is 4.26. The van der Waals surface area contributed by atoms with Crippen LogP contribution in [0.15, 0.2) is 24.3 Å². The summed E-state index contributed by atoms with van der Waals surface area (Å²) in [6, 6.07) is 6.40. The lowest BCUT2D eigenvalue weighted by atomic mass is 10.2. The van der Waals surface area contributed by atoms with Crippen molar-refractivity contribution in [2.24, 2.45) is 0 Å². The lowest BCUT2D eigenvalue weighted by molar-refractivity contribution is 0.0355. The molecule has 0 saturated carbocycles. The molecule has 0 aliphatic heterocycles. The molecule has 5 nitrogen and oxygen atoms in total. The van der Waals surface area contributed by atoms with Crippen LogP contribution in [-0.2, 0) is 9.47 Å². The van der Waals surface area contributed by atoms with Gasteiger partial charge in [0.2, 0.25) is 0 Å². The Bertz CT molecular complexity index is 392. The van der Waals surface area contributed by atoms with Gasteiger partial charge in [0.05, 0.1) is 25.4 Å². The second-order valence-corrected chi connectivity index (χ2v) is 4.26. The van der Waals surface area contributed by atoms with E-state index in [1.165, 1.54) is 12.1 Å². The first-order valence-corrected chi connectivity index (χ1v) is 6.85. The molecule has 0 heterocycles. The summed E-state index contributed by atoms with van der Waals surface area (Å²) in [5.41, 5.74) is 0.216. The highest BCUT2D eigenvalue weighted by Crippen LogP contribution is 2.13. The molecule has 0 aliphatic rings. The Morgan fingerprint density at radius 2 is 1.80 bits per heavy atom. The Balaban J connectivity index is 2.06. The van der Waals surface area contributed by atoms with Gasteiger partial charge in [-0.15, -0.1) is 0 Å². The van der Waals surface area contributed by atoms with Gasteiger partial charge in [-0.2, -0.15) is 0 Å². The van der Waals surface area contributed by atoms with Gasteiger partial charge in [0.25, 0.3) is 0 Å². The van der Waals surface area contributed by atoms with Crippen LogP contribution in [0, 0.1) is 0 Å². The number of carboxylic acids is 1. The first-order chi connectivity index (χ1) is 9.74. The minimum absolute atomic E-state index is 0.216. The Hall–Kier alpha value is -1.59. The van der Waals surface area contributed by atoms with Crippen molar-refractivity contribution < 1.29 is 24.1 Å². The minimum atomic E-state index is -0.962. The number of ether oxygens (including phenoxy) is 3. The van der Waals surface area contributed by atoms with Gasteiger partial charge in [-0.1, -0.05) is 19.4 Å². The number of aromatic carboxylic acids is 1. The zero-order chi connectivity index (χ0) is 14.6. The second kappa shape index (κ2) is 10.2. The lowest BCUT2D eigenvalue weighted by Gasteiger charge is -2.08. The minimum Gasteiger partial charge on any atom is -0.491 e. The van der Waals surface area contributed by atoms with E-state index in [0.717, 1.165) is 19.4 Å². The molecule has 0 aliphatic carbocycles. The molecule has 0 unspecified atom stereocenters. The van der Waals surface area contributed by atoms with E-state index in [1.807, 2.05) is 0 Å². The van der Waals surface area contributed by atoms with Crippen LogP contribution in [0.5, 0.6) is 5.75 Å². The molecule has 20 heavy (non-hydrogen) atoms. The summed E-state index contributed by atoms with van der Waals surface area (Å²) < 4.78 is 16.1. The highest BCUT2D eigenvalue weighted by Gasteiger charge is 2.03. The number of carboxylic acid groups (broad SMARTS) is 1. The summed E-state index contributed by atoms with van der Waals surface area (Å²) in [5.74, 6) is -0.427. The van der Waals surface area contributed by atoms with Gasteiger partial charge in [0, 0.05) is 6.61 Å². The van der Waals surface area contributed by atoms with Crippen LogP contribution in [0.1, 0.15) is 30.1 Å². The highest BCUT2D eigenvalue weighted by molar-refractivity contribution is 5.87. The molecule has 0 saturated heterocycles. The van der Waals surface area contributed by atoms with Crippen LogP contribution in [0.4, 0.5) is 0 Å². The van der Waals surface area contributed by atoms with Crippen LogP contribution in [0.2, 0.25) is 0 Å². The third kappa shape index (κ3) is 7.11. The fraction of sp³-hybridized carbons (Fsp3) is 0.533. The van der Waals surface area contributed by atoms with Gasteiger partial charge in [0.1, 0.15) is 12.4 Å². The molecule has 0 fully saturated rings. The average Bonchev–Trinajstić information content (AvgIpc) is 2.46. The van der Waals surface area contributed by atoms with E-state index in [1.54, 1.807) is 12.1 Å². The molecule has 0 radical (unpaired) electrons. The van der Waals surface area contributed by atoms with E-state index in [9.17, 15) is 4.79 Å². The lowest BCUT2D eigenvalue weighted by Crippen LogP contribution is -2.11. The molecule has 1 aromatic carbocycles. The van der Waals surface area contributed by atoms with E-state index in [4.69, 9.17) is 19.3 Å². The van der Waals surface area contributed by atoms with Gasteiger partial charge >= 0.3 is 5.97 Å². The van der Waals surface area contributed by atoms with Crippen LogP contribution < -0.4 is 4.74 Å². The van der Waals surface area contributed by atoms with Gasteiger partial charge in [-0.25, -0.2) is 4.79 Å². The fourth-order valence-corrected chi connectivity index (χ4v) is 1.51. The van der Waals surface area contributed by atoms with Crippen LogP contribution in [-0.4, -0.2) is 44.1 Å². The SMILES string of the molecule is CCCCOCCOCCOc1cccc(C(=O)O)c1.